The number of aliphatic hydroxyl groups excluding tert-OH is 1. The number of nitro benzene ring substituents is 1. The fourth-order valence-electron chi connectivity index (χ4n) is 1.35. The maximum atomic E-state index is 13.6. The monoisotopic (exact) mass is 274 g/mol. The third kappa shape index (κ3) is 3.02. The summed E-state index contributed by atoms with van der Waals surface area (Å²) in [5.74, 6) is -3.34. The van der Waals surface area contributed by atoms with E-state index in [1.54, 1.807) is 0 Å². The molecule has 0 aliphatic carbocycles. The highest BCUT2D eigenvalue weighted by atomic mass is 19.1. The minimum Gasteiger partial charge on any atom is -0.394 e. The molecule has 0 saturated carbocycles. The predicted molar refractivity (Wildman–Crippen MR) is 61.7 cm³/mol. The van der Waals surface area contributed by atoms with E-state index in [9.17, 15) is 23.7 Å². The molecule has 8 heteroatoms. The zero-order valence-electron chi connectivity index (χ0n) is 10.3. The number of rotatable bonds is 4. The van der Waals surface area contributed by atoms with Gasteiger partial charge in [-0.15, -0.1) is 0 Å². The number of hydrogen-bond acceptors (Lipinski definition) is 4. The first-order valence-corrected chi connectivity index (χ1v) is 5.31. The summed E-state index contributed by atoms with van der Waals surface area (Å²) in [4.78, 5) is 22.2. The molecule has 0 aromatic heterocycles. The lowest BCUT2D eigenvalue weighted by molar-refractivity contribution is -0.387. The number of carbonyl (C=O) groups excluding carboxylic acids is 1. The van der Waals surface area contributed by atoms with Crippen LogP contribution < -0.4 is 0 Å². The summed E-state index contributed by atoms with van der Waals surface area (Å²) in [6.07, 6.45) is 0. The molecule has 1 unspecified atom stereocenters. The van der Waals surface area contributed by atoms with Crippen LogP contribution in [0.25, 0.3) is 0 Å². The maximum absolute atomic E-state index is 13.6. The van der Waals surface area contributed by atoms with Crippen LogP contribution in [0.4, 0.5) is 14.5 Å². The molecule has 1 N–H and O–H groups in total. The zero-order chi connectivity index (χ0) is 14.7. The molecule has 1 aromatic carbocycles. The number of likely N-dealkylation sites (N-methyl/N-ethyl adjacent to an activating group) is 1. The molecule has 0 spiro atoms. The Balaban J connectivity index is 3.19. The van der Waals surface area contributed by atoms with E-state index < -0.39 is 39.8 Å². The SMILES string of the molecule is CC(CO)N(C)C(=O)c1cc(F)c([N+](=O)[O-])cc1F. The Labute approximate surface area is 107 Å². The number of nitro groups is 1. The van der Waals surface area contributed by atoms with Crippen molar-refractivity contribution in [2.24, 2.45) is 0 Å². The van der Waals surface area contributed by atoms with Crippen LogP contribution in [-0.4, -0.2) is 40.5 Å². The molecule has 0 heterocycles. The van der Waals surface area contributed by atoms with Crippen molar-refractivity contribution in [2.75, 3.05) is 13.7 Å². The van der Waals surface area contributed by atoms with E-state index in [0.29, 0.717) is 12.1 Å². The predicted octanol–water partition coefficient (Wildman–Crippen LogP) is 1.33. The zero-order valence-corrected chi connectivity index (χ0v) is 10.3. The molecule has 1 aromatic rings. The molecule has 0 aliphatic rings. The standard InChI is InChI=1S/C11H12F2N2O4/c1-6(5-16)14(2)11(17)7-3-9(13)10(15(18)19)4-8(7)12/h3-4,6,16H,5H2,1-2H3. The second-order valence-electron chi connectivity index (χ2n) is 3.99. The van der Waals surface area contributed by atoms with Gasteiger partial charge in [-0.1, -0.05) is 0 Å². The molecule has 6 nitrogen and oxygen atoms in total. The second kappa shape index (κ2) is 5.70. The fraction of sp³-hybridized carbons (Fsp3) is 0.364. The van der Waals surface area contributed by atoms with Gasteiger partial charge >= 0.3 is 5.69 Å². The first-order valence-electron chi connectivity index (χ1n) is 5.31. The normalized spacial score (nSPS) is 12.1. The lowest BCUT2D eigenvalue weighted by Gasteiger charge is -2.23. The molecular formula is C11H12F2N2O4. The van der Waals surface area contributed by atoms with Crippen LogP contribution in [0, 0.1) is 21.7 Å². The molecule has 19 heavy (non-hydrogen) atoms. The van der Waals surface area contributed by atoms with E-state index >= 15 is 0 Å². The average Bonchev–Trinajstić information content (AvgIpc) is 2.37. The number of hydrogen-bond donors (Lipinski definition) is 1. The van der Waals surface area contributed by atoms with E-state index in [1.807, 2.05) is 0 Å². The van der Waals surface area contributed by atoms with E-state index in [1.165, 1.54) is 14.0 Å². The third-order valence-electron chi connectivity index (χ3n) is 2.71. The summed E-state index contributed by atoms with van der Waals surface area (Å²) in [6, 6.07) is 0.251. The van der Waals surface area contributed by atoms with E-state index in [0.717, 1.165) is 4.90 Å². The lowest BCUT2D eigenvalue weighted by atomic mass is 10.1. The highest BCUT2D eigenvalue weighted by molar-refractivity contribution is 5.94. The van der Waals surface area contributed by atoms with Gasteiger partial charge in [0, 0.05) is 7.05 Å². The first kappa shape index (κ1) is 15.0. The van der Waals surface area contributed by atoms with Crippen molar-refractivity contribution in [1.82, 2.24) is 4.90 Å². The van der Waals surface area contributed by atoms with E-state index in [4.69, 9.17) is 5.11 Å². The van der Waals surface area contributed by atoms with Crippen LogP contribution in [0.2, 0.25) is 0 Å². The summed E-state index contributed by atoms with van der Waals surface area (Å²) in [5.41, 5.74) is -1.65. The van der Waals surface area contributed by atoms with Crippen LogP contribution in [0.15, 0.2) is 12.1 Å². The molecule has 0 bridgehead atoms. The number of benzene rings is 1. The molecule has 0 aliphatic heterocycles. The quantitative estimate of drug-likeness (QED) is 0.663. The molecular weight excluding hydrogens is 262 g/mol. The Morgan fingerprint density at radius 2 is 2.05 bits per heavy atom. The van der Waals surface area contributed by atoms with Gasteiger partial charge < -0.3 is 10.0 Å². The lowest BCUT2D eigenvalue weighted by Crippen LogP contribution is -2.37. The van der Waals surface area contributed by atoms with Gasteiger partial charge in [0.05, 0.1) is 29.2 Å². The Bertz CT molecular complexity index is 522. The van der Waals surface area contributed by atoms with E-state index in [2.05, 4.69) is 0 Å². The topological polar surface area (TPSA) is 83.7 Å². The Morgan fingerprint density at radius 1 is 1.47 bits per heavy atom. The van der Waals surface area contributed by atoms with Crippen molar-refractivity contribution in [3.63, 3.8) is 0 Å². The van der Waals surface area contributed by atoms with Crippen molar-refractivity contribution in [3.8, 4) is 0 Å². The molecule has 1 atom stereocenters. The van der Waals surface area contributed by atoms with Crippen molar-refractivity contribution in [3.05, 3.63) is 39.4 Å². The van der Waals surface area contributed by atoms with Crippen molar-refractivity contribution in [2.45, 2.75) is 13.0 Å². The Morgan fingerprint density at radius 3 is 2.53 bits per heavy atom. The van der Waals surface area contributed by atoms with Gasteiger partial charge in [0.1, 0.15) is 5.82 Å². The summed E-state index contributed by atoms with van der Waals surface area (Å²) in [6.45, 7) is 1.16. The largest absolute Gasteiger partial charge is 0.394 e. The van der Waals surface area contributed by atoms with Crippen LogP contribution in [0.1, 0.15) is 17.3 Å². The smallest absolute Gasteiger partial charge is 0.307 e. The second-order valence-corrected chi connectivity index (χ2v) is 3.99. The number of aliphatic hydroxyl groups is 1. The molecule has 1 rings (SSSR count). The van der Waals surface area contributed by atoms with Crippen molar-refractivity contribution in [1.29, 1.82) is 0 Å². The number of carbonyl (C=O) groups is 1. The number of halogens is 2. The van der Waals surface area contributed by atoms with Crippen LogP contribution in [0.5, 0.6) is 0 Å². The van der Waals surface area contributed by atoms with Gasteiger partial charge in [0.15, 0.2) is 0 Å². The van der Waals surface area contributed by atoms with E-state index in [-0.39, 0.29) is 6.61 Å². The average molecular weight is 274 g/mol. The Kier molecular flexibility index (Phi) is 4.49. The highest BCUT2D eigenvalue weighted by Crippen LogP contribution is 2.22. The van der Waals surface area contributed by atoms with Crippen LogP contribution >= 0.6 is 0 Å². The minimum atomic E-state index is -1.29. The van der Waals surface area contributed by atoms with Crippen LogP contribution in [0.3, 0.4) is 0 Å². The maximum Gasteiger partial charge on any atom is 0.307 e. The summed E-state index contributed by atoms with van der Waals surface area (Å²) >= 11 is 0. The molecule has 104 valence electrons. The first-order chi connectivity index (χ1) is 8.79. The number of nitrogens with zero attached hydrogens (tertiary/aromatic N) is 2. The molecule has 0 saturated heterocycles. The molecule has 0 fully saturated rings. The summed E-state index contributed by atoms with van der Waals surface area (Å²) in [7, 11) is 1.31. The van der Waals surface area contributed by atoms with Crippen molar-refractivity contribution >= 4 is 11.6 Å². The van der Waals surface area contributed by atoms with Gasteiger partial charge in [0.2, 0.25) is 5.82 Å². The number of amides is 1. The van der Waals surface area contributed by atoms with Gasteiger partial charge in [-0.05, 0) is 13.0 Å². The fourth-order valence-corrected chi connectivity index (χ4v) is 1.35. The minimum absolute atomic E-state index is 0.348. The molecule has 0 radical (unpaired) electrons. The van der Waals surface area contributed by atoms with Gasteiger partial charge in [-0.3, -0.25) is 14.9 Å². The molecule has 1 amide bonds. The summed E-state index contributed by atoms with van der Waals surface area (Å²) < 4.78 is 26.9. The van der Waals surface area contributed by atoms with Gasteiger partial charge in [-0.25, -0.2) is 4.39 Å². The van der Waals surface area contributed by atoms with Crippen molar-refractivity contribution < 1.29 is 23.6 Å². The summed E-state index contributed by atoms with van der Waals surface area (Å²) in [5, 5.41) is 19.3. The van der Waals surface area contributed by atoms with Gasteiger partial charge in [-0.2, -0.15) is 4.39 Å². The van der Waals surface area contributed by atoms with Gasteiger partial charge in [0.25, 0.3) is 5.91 Å². The Hall–Kier alpha value is -2.09. The van der Waals surface area contributed by atoms with Crippen LogP contribution in [-0.2, 0) is 0 Å². The third-order valence-corrected chi connectivity index (χ3v) is 2.71. The highest BCUT2D eigenvalue weighted by Gasteiger charge is 2.25.